The summed E-state index contributed by atoms with van der Waals surface area (Å²) in [6.45, 7) is 1.84. The molecule has 0 radical (unpaired) electrons. The molecule has 0 aliphatic carbocycles. The molecule has 2 aromatic carbocycles. The summed E-state index contributed by atoms with van der Waals surface area (Å²) in [4.78, 5) is 17.6. The third-order valence-electron chi connectivity index (χ3n) is 3.90. The lowest BCUT2D eigenvalue weighted by atomic mass is 10.1. The minimum atomic E-state index is -0.0661. The SMILES string of the molecule is COc1ccc(/C=C/C(=O)c2sc(Nc3ccc(OC)cc3)nc2C)cc1. The van der Waals surface area contributed by atoms with Crippen molar-refractivity contribution in [2.45, 2.75) is 6.92 Å². The van der Waals surface area contributed by atoms with Gasteiger partial charge < -0.3 is 14.8 Å². The number of aromatic nitrogens is 1. The highest BCUT2D eigenvalue weighted by atomic mass is 32.1. The van der Waals surface area contributed by atoms with Crippen molar-refractivity contribution in [3.05, 3.63) is 70.7 Å². The van der Waals surface area contributed by atoms with E-state index in [2.05, 4.69) is 10.3 Å². The zero-order valence-corrected chi connectivity index (χ0v) is 16.2. The van der Waals surface area contributed by atoms with E-state index in [0.717, 1.165) is 22.7 Å². The van der Waals surface area contributed by atoms with Crippen LogP contribution in [0.5, 0.6) is 11.5 Å². The van der Waals surface area contributed by atoms with Crippen LogP contribution in [0.15, 0.2) is 54.6 Å². The highest BCUT2D eigenvalue weighted by Crippen LogP contribution is 2.27. The smallest absolute Gasteiger partial charge is 0.197 e. The van der Waals surface area contributed by atoms with Gasteiger partial charge in [-0.25, -0.2) is 4.98 Å². The number of ketones is 1. The fourth-order valence-electron chi connectivity index (χ4n) is 2.44. The second-order valence-corrected chi connectivity index (χ2v) is 6.76. The van der Waals surface area contributed by atoms with E-state index in [-0.39, 0.29) is 5.78 Å². The number of ether oxygens (including phenoxy) is 2. The van der Waals surface area contributed by atoms with Crippen molar-refractivity contribution in [3.63, 3.8) is 0 Å². The highest BCUT2D eigenvalue weighted by Gasteiger charge is 2.13. The molecular weight excluding hydrogens is 360 g/mol. The Hall–Kier alpha value is -3.12. The van der Waals surface area contributed by atoms with Gasteiger partial charge in [0.25, 0.3) is 0 Å². The molecule has 0 saturated heterocycles. The number of hydrogen-bond acceptors (Lipinski definition) is 6. The molecule has 138 valence electrons. The zero-order chi connectivity index (χ0) is 19.2. The third kappa shape index (κ3) is 4.74. The van der Waals surface area contributed by atoms with Gasteiger partial charge in [0.2, 0.25) is 0 Å². The molecular formula is C21H20N2O3S. The maximum atomic E-state index is 12.5. The average Bonchev–Trinajstić information content (AvgIpc) is 3.07. The first-order valence-electron chi connectivity index (χ1n) is 8.34. The number of carbonyl (C=O) groups is 1. The monoisotopic (exact) mass is 380 g/mol. The molecule has 0 saturated carbocycles. The number of thiazole rings is 1. The van der Waals surface area contributed by atoms with Crippen LogP contribution in [0.25, 0.3) is 6.08 Å². The van der Waals surface area contributed by atoms with Gasteiger partial charge in [-0.2, -0.15) is 0 Å². The Labute approximate surface area is 162 Å². The van der Waals surface area contributed by atoms with Crippen LogP contribution < -0.4 is 14.8 Å². The van der Waals surface area contributed by atoms with Gasteiger partial charge in [-0.1, -0.05) is 29.5 Å². The number of allylic oxidation sites excluding steroid dienone is 1. The number of hydrogen-bond donors (Lipinski definition) is 1. The standard InChI is InChI=1S/C21H20N2O3S/c1-14-20(19(24)13-6-15-4-9-17(25-2)10-5-15)27-21(22-14)23-16-7-11-18(26-3)12-8-16/h4-13H,1-3H3,(H,22,23)/b13-6+. The van der Waals surface area contributed by atoms with Crippen LogP contribution in [-0.2, 0) is 0 Å². The molecule has 0 spiro atoms. The molecule has 1 heterocycles. The Morgan fingerprint density at radius 1 is 1.00 bits per heavy atom. The molecule has 6 heteroatoms. The number of rotatable bonds is 7. The van der Waals surface area contributed by atoms with Crippen LogP contribution in [0, 0.1) is 6.92 Å². The third-order valence-corrected chi connectivity index (χ3v) is 4.99. The van der Waals surface area contributed by atoms with Crippen molar-refractivity contribution < 1.29 is 14.3 Å². The van der Waals surface area contributed by atoms with Crippen molar-refractivity contribution in [2.75, 3.05) is 19.5 Å². The fourth-order valence-corrected chi connectivity index (χ4v) is 3.35. The van der Waals surface area contributed by atoms with Gasteiger partial charge in [0, 0.05) is 5.69 Å². The normalized spacial score (nSPS) is 10.8. The number of aryl methyl sites for hydroxylation is 1. The summed E-state index contributed by atoms with van der Waals surface area (Å²) in [5.41, 5.74) is 2.53. The Bertz CT molecular complexity index is 945. The van der Waals surface area contributed by atoms with Crippen LogP contribution >= 0.6 is 11.3 Å². The molecule has 0 unspecified atom stereocenters. The summed E-state index contributed by atoms with van der Waals surface area (Å²) < 4.78 is 10.3. The van der Waals surface area contributed by atoms with Crippen LogP contribution in [0.3, 0.4) is 0 Å². The van der Waals surface area contributed by atoms with Crippen molar-refractivity contribution in [1.29, 1.82) is 0 Å². The zero-order valence-electron chi connectivity index (χ0n) is 15.4. The Morgan fingerprint density at radius 3 is 2.19 bits per heavy atom. The van der Waals surface area contributed by atoms with E-state index in [9.17, 15) is 4.79 Å². The Balaban J connectivity index is 1.70. The van der Waals surface area contributed by atoms with Crippen molar-refractivity contribution in [2.24, 2.45) is 0 Å². The summed E-state index contributed by atoms with van der Waals surface area (Å²) in [5.74, 6) is 1.50. The molecule has 0 bridgehead atoms. The summed E-state index contributed by atoms with van der Waals surface area (Å²) >= 11 is 1.34. The minimum Gasteiger partial charge on any atom is -0.497 e. The number of nitrogens with zero attached hydrogens (tertiary/aromatic N) is 1. The van der Waals surface area contributed by atoms with Crippen molar-refractivity contribution >= 4 is 34.0 Å². The average molecular weight is 380 g/mol. The van der Waals surface area contributed by atoms with E-state index in [1.807, 2.05) is 55.5 Å². The van der Waals surface area contributed by atoms with Gasteiger partial charge in [0.15, 0.2) is 10.9 Å². The summed E-state index contributed by atoms with van der Waals surface area (Å²) in [7, 11) is 3.25. The van der Waals surface area contributed by atoms with Crippen LogP contribution in [0.1, 0.15) is 20.9 Å². The van der Waals surface area contributed by atoms with E-state index >= 15 is 0 Å². The molecule has 5 nitrogen and oxygen atoms in total. The number of anilines is 2. The van der Waals surface area contributed by atoms with Crippen molar-refractivity contribution in [3.8, 4) is 11.5 Å². The molecule has 0 aliphatic heterocycles. The van der Waals surface area contributed by atoms with Crippen molar-refractivity contribution in [1.82, 2.24) is 4.98 Å². The fraction of sp³-hybridized carbons (Fsp3) is 0.143. The first kappa shape index (κ1) is 18.7. The molecule has 0 aliphatic rings. The molecule has 0 fully saturated rings. The molecule has 0 amide bonds. The van der Waals surface area contributed by atoms with E-state index < -0.39 is 0 Å². The number of carbonyl (C=O) groups excluding carboxylic acids is 1. The summed E-state index contributed by atoms with van der Waals surface area (Å²) in [5, 5.41) is 3.90. The van der Waals surface area contributed by atoms with Gasteiger partial charge in [0.05, 0.1) is 24.8 Å². The number of methoxy groups -OCH3 is 2. The van der Waals surface area contributed by atoms with E-state index in [0.29, 0.717) is 15.7 Å². The lowest BCUT2D eigenvalue weighted by molar-refractivity contribution is 0.105. The van der Waals surface area contributed by atoms with E-state index in [4.69, 9.17) is 9.47 Å². The predicted molar refractivity (Wildman–Crippen MR) is 109 cm³/mol. The first-order chi connectivity index (χ1) is 13.1. The lowest BCUT2D eigenvalue weighted by Gasteiger charge is -2.03. The number of benzene rings is 2. The summed E-state index contributed by atoms with van der Waals surface area (Å²) in [6.07, 6.45) is 3.36. The second-order valence-electron chi connectivity index (χ2n) is 5.76. The Morgan fingerprint density at radius 2 is 1.59 bits per heavy atom. The first-order valence-corrected chi connectivity index (χ1v) is 9.15. The molecule has 3 aromatic rings. The minimum absolute atomic E-state index is 0.0661. The van der Waals surface area contributed by atoms with Crippen LogP contribution in [0.2, 0.25) is 0 Å². The highest BCUT2D eigenvalue weighted by molar-refractivity contribution is 7.17. The van der Waals surface area contributed by atoms with Gasteiger partial charge in [-0.3, -0.25) is 4.79 Å². The van der Waals surface area contributed by atoms with E-state index in [1.54, 1.807) is 26.4 Å². The number of nitrogens with one attached hydrogen (secondary N) is 1. The molecule has 27 heavy (non-hydrogen) atoms. The maximum Gasteiger partial charge on any atom is 0.197 e. The molecule has 0 atom stereocenters. The quantitative estimate of drug-likeness (QED) is 0.456. The largest absolute Gasteiger partial charge is 0.497 e. The lowest BCUT2D eigenvalue weighted by Crippen LogP contribution is -1.93. The summed E-state index contributed by atoms with van der Waals surface area (Å²) in [6, 6.07) is 15.1. The van der Waals surface area contributed by atoms with Gasteiger partial charge in [-0.15, -0.1) is 0 Å². The van der Waals surface area contributed by atoms with Gasteiger partial charge in [0.1, 0.15) is 11.5 Å². The van der Waals surface area contributed by atoms with Gasteiger partial charge in [-0.05, 0) is 55.0 Å². The van der Waals surface area contributed by atoms with Gasteiger partial charge >= 0.3 is 0 Å². The molecule has 1 N–H and O–H groups in total. The predicted octanol–water partition coefficient (Wildman–Crippen LogP) is 5.11. The van der Waals surface area contributed by atoms with E-state index in [1.165, 1.54) is 11.3 Å². The van der Waals surface area contributed by atoms with Crippen LogP contribution in [0.4, 0.5) is 10.8 Å². The van der Waals surface area contributed by atoms with Crippen LogP contribution in [-0.4, -0.2) is 25.0 Å². The second kappa shape index (κ2) is 8.51. The topological polar surface area (TPSA) is 60.5 Å². The Kier molecular flexibility index (Phi) is 5.88. The molecule has 1 aromatic heterocycles. The molecule has 3 rings (SSSR count). The maximum absolute atomic E-state index is 12.5.